The van der Waals surface area contributed by atoms with Crippen molar-refractivity contribution in [2.75, 3.05) is 13.1 Å². The van der Waals surface area contributed by atoms with Gasteiger partial charge < -0.3 is 4.90 Å². The molecule has 0 aromatic carbocycles. The summed E-state index contributed by atoms with van der Waals surface area (Å²) in [5.41, 5.74) is 1.03. The Bertz CT molecular complexity index is 623. The molecule has 1 saturated heterocycles. The van der Waals surface area contributed by atoms with E-state index in [0.29, 0.717) is 24.3 Å². The molecule has 1 aromatic rings. The number of hydrogen-bond acceptors (Lipinski definition) is 3. The molecule has 0 atom stereocenters. The number of hydrogen-bond donors (Lipinski definition) is 0. The molecule has 2 saturated carbocycles. The number of nitrogens with zero attached hydrogens (tertiary/aromatic N) is 3. The Balaban J connectivity index is 1.35. The monoisotopic (exact) mass is 301 g/mol. The molecular weight excluding hydrogens is 278 g/mol. The van der Waals surface area contributed by atoms with Crippen LogP contribution in [-0.4, -0.2) is 33.7 Å². The van der Waals surface area contributed by atoms with E-state index in [1.54, 1.807) is 10.7 Å². The molecule has 22 heavy (non-hydrogen) atoms. The fourth-order valence-corrected chi connectivity index (χ4v) is 3.73. The molecule has 1 aromatic heterocycles. The van der Waals surface area contributed by atoms with E-state index in [0.717, 1.165) is 31.6 Å². The van der Waals surface area contributed by atoms with Gasteiger partial charge >= 0.3 is 0 Å². The molecule has 2 aliphatic carbocycles. The average molecular weight is 301 g/mol. The lowest BCUT2D eigenvalue weighted by Gasteiger charge is -2.40. The van der Waals surface area contributed by atoms with E-state index in [9.17, 15) is 9.59 Å². The highest BCUT2D eigenvalue weighted by atomic mass is 16.2. The van der Waals surface area contributed by atoms with E-state index in [1.807, 2.05) is 11.0 Å². The molecule has 0 N–H and O–H groups in total. The Kier molecular flexibility index (Phi) is 3.51. The Morgan fingerprint density at radius 3 is 2.55 bits per heavy atom. The zero-order valence-corrected chi connectivity index (χ0v) is 12.9. The molecule has 1 aliphatic heterocycles. The molecular formula is C17H23N3O2. The first-order valence-corrected chi connectivity index (χ1v) is 8.57. The van der Waals surface area contributed by atoms with Gasteiger partial charge in [-0.05, 0) is 31.7 Å². The molecule has 5 nitrogen and oxygen atoms in total. The molecule has 0 bridgehead atoms. The largest absolute Gasteiger partial charge is 0.342 e. The maximum absolute atomic E-state index is 12.3. The molecule has 3 aliphatic rings. The summed E-state index contributed by atoms with van der Waals surface area (Å²) in [4.78, 5) is 26.2. The molecule has 5 heteroatoms. The smallest absolute Gasteiger partial charge is 0.266 e. The molecule has 1 amide bonds. The summed E-state index contributed by atoms with van der Waals surface area (Å²) >= 11 is 0. The highest BCUT2D eigenvalue weighted by Crippen LogP contribution is 2.38. The van der Waals surface area contributed by atoms with Gasteiger partial charge in [-0.2, -0.15) is 5.10 Å². The van der Waals surface area contributed by atoms with Gasteiger partial charge in [-0.3, -0.25) is 9.59 Å². The predicted molar refractivity (Wildman–Crippen MR) is 82.5 cm³/mol. The number of rotatable bonds is 4. The summed E-state index contributed by atoms with van der Waals surface area (Å²) in [6.45, 7) is 2.22. The van der Waals surface area contributed by atoms with Crippen LogP contribution in [0.4, 0.5) is 0 Å². The summed E-state index contributed by atoms with van der Waals surface area (Å²) < 4.78 is 1.61. The predicted octanol–water partition coefficient (Wildman–Crippen LogP) is 1.77. The van der Waals surface area contributed by atoms with Crippen molar-refractivity contribution in [1.29, 1.82) is 0 Å². The molecule has 2 heterocycles. The van der Waals surface area contributed by atoms with Crippen LogP contribution in [0.5, 0.6) is 0 Å². The number of carbonyl (C=O) groups excluding carboxylic acids is 1. The van der Waals surface area contributed by atoms with Crippen LogP contribution in [-0.2, 0) is 11.3 Å². The second kappa shape index (κ2) is 5.52. The van der Waals surface area contributed by atoms with Crippen molar-refractivity contribution in [1.82, 2.24) is 14.7 Å². The molecule has 0 radical (unpaired) electrons. The van der Waals surface area contributed by atoms with E-state index in [4.69, 9.17) is 0 Å². The van der Waals surface area contributed by atoms with Crippen molar-refractivity contribution in [3.8, 4) is 0 Å². The fraction of sp³-hybridized carbons (Fsp3) is 0.706. The van der Waals surface area contributed by atoms with Crippen LogP contribution in [0.15, 0.2) is 16.9 Å². The first kappa shape index (κ1) is 14.0. The highest BCUT2D eigenvalue weighted by Gasteiger charge is 2.36. The van der Waals surface area contributed by atoms with Crippen LogP contribution >= 0.6 is 0 Å². The number of amides is 1. The lowest BCUT2D eigenvalue weighted by molar-refractivity contribution is -0.142. The van der Waals surface area contributed by atoms with E-state index >= 15 is 0 Å². The maximum atomic E-state index is 12.3. The van der Waals surface area contributed by atoms with Gasteiger partial charge in [-0.1, -0.05) is 12.8 Å². The van der Waals surface area contributed by atoms with Crippen molar-refractivity contribution < 1.29 is 4.79 Å². The van der Waals surface area contributed by atoms with E-state index in [2.05, 4.69) is 5.10 Å². The quantitative estimate of drug-likeness (QED) is 0.851. The highest BCUT2D eigenvalue weighted by molar-refractivity contribution is 5.79. The van der Waals surface area contributed by atoms with Crippen LogP contribution in [0.25, 0.3) is 0 Å². The Morgan fingerprint density at radius 2 is 1.86 bits per heavy atom. The standard InChI is InChI=1S/C17H23N3O2/c21-16-8-7-15(13-5-6-13)18-20(16)11-12-9-19(10-12)17(22)14-3-1-2-4-14/h7-8,12-14H,1-6,9-11H2. The second-order valence-corrected chi connectivity index (χ2v) is 7.14. The van der Waals surface area contributed by atoms with Crippen molar-refractivity contribution >= 4 is 5.91 Å². The number of aromatic nitrogens is 2. The van der Waals surface area contributed by atoms with Crippen molar-refractivity contribution in [3.63, 3.8) is 0 Å². The third kappa shape index (κ3) is 2.69. The Morgan fingerprint density at radius 1 is 1.14 bits per heavy atom. The Hall–Kier alpha value is -1.65. The van der Waals surface area contributed by atoms with Gasteiger partial charge in [0.05, 0.1) is 12.2 Å². The third-order valence-electron chi connectivity index (χ3n) is 5.29. The number of likely N-dealkylation sites (tertiary alicyclic amines) is 1. The lowest BCUT2D eigenvalue weighted by atomic mass is 9.96. The van der Waals surface area contributed by atoms with Crippen LogP contribution in [0.3, 0.4) is 0 Å². The van der Waals surface area contributed by atoms with Crippen molar-refractivity contribution in [2.24, 2.45) is 11.8 Å². The SMILES string of the molecule is O=C(C1CCCC1)N1CC(Cn2nc(C3CC3)ccc2=O)C1. The lowest BCUT2D eigenvalue weighted by Crippen LogP contribution is -2.53. The minimum absolute atomic E-state index is 0.0232. The summed E-state index contributed by atoms with van der Waals surface area (Å²) in [6.07, 6.45) is 6.90. The van der Waals surface area contributed by atoms with Gasteiger partial charge in [0.2, 0.25) is 5.91 Å². The minimum Gasteiger partial charge on any atom is -0.342 e. The second-order valence-electron chi connectivity index (χ2n) is 7.14. The third-order valence-corrected chi connectivity index (χ3v) is 5.29. The van der Waals surface area contributed by atoms with Gasteiger partial charge in [-0.25, -0.2) is 4.68 Å². The van der Waals surface area contributed by atoms with Crippen LogP contribution < -0.4 is 5.56 Å². The zero-order valence-electron chi connectivity index (χ0n) is 12.9. The molecule has 0 unspecified atom stereocenters. The van der Waals surface area contributed by atoms with Crippen LogP contribution in [0.2, 0.25) is 0 Å². The first-order valence-electron chi connectivity index (χ1n) is 8.57. The summed E-state index contributed by atoms with van der Waals surface area (Å²) in [6, 6.07) is 3.51. The number of carbonyl (C=O) groups is 1. The van der Waals surface area contributed by atoms with E-state index in [-0.39, 0.29) is 11.5 Å². The average Bonchev–Trinajstić information content (AvgIpc) is 3.18. The summed E-state index contributed by atoms with van der Waals surface area (Å²) in [5.74, 6) is 1.54. The maximum Gasteiger partial charge on any atom is 0.266 e. The molecule has 4 rings (SSSR count). The van der Waals surface area contributed by atoms with Crippen molar-refractivity contribution in [3.05, 3.63) is 28.2 Å². The van der Waals surface area contributed by atoms with Crippen LogP contribution in [0, 0.1) is 11.8 Å². The zero-order chi connectivity index (χ0) is 15.1. The van der Waals surface area contributed by atoms with Gasteiger partial charge in [0.25, 0.3) is 5.56 Å². The Labute approximate surface area is 130 Å². The first-order chi connectivity index (χ1) is 10.7. The van der Waals surface area contributed by atoms with E-state index < -0.39 is 0 Å². The molecule has 3 fully saturated rings. The fourth-order valence-electron chi connectivity index (χ4n) is 3.73. The minimum atomic E-state index is -0.0232. The van der Waals surface area contributed by atoms with Gasteiger partial charge in [0.15, 0.2) is 0 Å². The summed E-state index contributed by atoms with van der Waals surface area (Å²) in [7, 11) is 0. The van der Waals surface area contributed by atoms with Gasteiger partial charge in [-0.15, -0.1) is 0 Å². The molecule has 0 spiro atoms. The van der Waals surface area contributed by atoms with Crippen molar-refractivity contribution in [2.45, 2.75) is 51.0 Å². The van der Waals surface area contributed by atoms with Gasteiger partial charge in [0.1, 0.15) is 0 Å². The molecule has 118 valence electrons. The normalized spacial score (nSPS) is 22.8. The van der Waals surface area contributed by atoms with Crippen LogP contribution in [0.1, 0.15) is 50.1 Å². The van der Waals surface area contributed by atoms with Gasteiger partial charge in [0, 0.05) is 36.9 Å². The topological polar surface area (TPSA) is 55.2 Å². The van der Waals surface area contributed by atoms with E-state index in [1.165, 1.54) is 25.7 Å². The summed E-state index contributed by atoms with van der Waals surface area (Å²) in [5, 5.41) is 4.50.